The van der Waals surface area contributed by atoms with E-state index in [0.29, 0.717) is 6.07 Å². The van der Waals surface area contributed by atoms with E-state index in [0.717, 1.165) is 7.11 Å². The molecule has 0 aliphatic carbocycles. The van der Waals surface area contributed by atoms with Crippen molar-refractivity contribution in [3.63, 3.8) is 0 Å². The number of benzene rings is 1. The van der Waals surface area contributed by atoms with Gasteiger partial charge in [-0.05, 0) is 0 Å². The number of nitrogens with zero attached hydrogens (tertiary/aromatic N) is 1. The topological polar surface area (TPSA) is 104 Å². The smallest absolute Gasteiger partial charge is 0.420 e. The van der Waals surface area contributed by atoms with Gasteiger partial charge in [-0.1, -0.05) is 0 Å². The van der Waals surface area contributed by atoms with Gasteiger partial charge in [-0.15, -0.1) is 0 Å². The van der Waals surface area contributed by atoms with Gasteiger partial charge in [-0.25, -0.2) is 0 Å². The molecule has 94 valence electrons. The molecule has 0 spiro atoms. The van der Waals surface area contributed by atoms with E-state index in [-0.39, 0.29) is 0 Å². The van der Waals surface area contributed by atoms with Crippen LogP contribution in [-0.2, 0) is 6.18 Å². The van der Waals surface area contributed by atoms with E-state index >= 15 is 0 Å². The number of alkyl halides is 3. The monoisotopic (exact) mass is 251 g/mol. The minimum Gasteiger partial charge on any atom is -0.494 e. The number of rotatable bonds is 2. The molecule has 1 rings (SSSR count). The Balaban J connectivity index is 3.65. The molecule has 0 unspecified atom stereocenters. The summed E-state index contributed by atoms with van der Waals surface area (Å²) in [5.74, 6) is -0.722. The van der Waals surface area contributed by atoms with Crippen LogP contribution in [-0.4, -0.2) is 12.0 Å². The van der Waals surface area contributed by atoms with Crippen molar-refractivity contribution < 1.29 is 22.8 Å². The van der Waals surface area contributed by atoms with Crippen LogP contribution in [0, 0.1) is 10.1 Å². The van der Waals surface area contributed by atoms with Gasteiger partial charge in [0.05, 0.1) is 12.0 Å². The number of nitro groups is 1. The zero-order valence-electron chi connectivity index (χ0n) is 8.54. The Labute approximate surface area is 93.1 Å². The highest BCUT2D eigenvalue weighted by Gasteiger charge is 2.38. The van der Waals surface area contributed by atoms with Crippen molar-refractivity contribution in [2.75, 3.05) is 18.6 Å². The SMILES string of the molecule is COc1c(C(F)(F)F)cc([N+](=O)[O-])c(N)c1N. The van der Waals surface area contributed by atoms with Crippen LogP contribution >= 0.6 is 0 Å². The van der Waals surface area contributed by atoms with Crippen LogP contribution in [0.3, 0.4) is 0 Å². The van der Waals surface area contributed by atoms with Crippen LogP contribution in [0.4, 0.5) is 30.2 Å². The zero-order chi connectivity index (χ0) is 13.4. The quantitative estimate of drug-likeness (QED) is 0.473. The molecule has 0 saturated heterocycles. The van der Waals surface area contributed by atoms with Crippen LogP contribution in [0.2, 0.25) is 0 Å². The molecule has 6 nitrogen and oxygen atoms in total. The summed E-state index contributed by atoms with van der Waals surface area (Å²) in [6.07, 6.45) is -4.82. The molecule has 0 aliphatic rings. The van der Waals surface area contributed by atoms with Crippen LogP contribution in [0.15, 0.2) is 6.07 Å². The predicted molar refractivity (Wildman–Crippen MR) is 53.5 cm³/mol. The first-order valence-electron chi connectivity index (χ1n) is 4.17. The number of anilines is 2. The lowest BCUT2D eigenvalue weighted by Crippen LogP contribution is -2.12. The standard InChI is InChI=1S/C8H8F3N3O3/c1-17-7-3(8(9,10)11)2-4(14(15)16)5(12)6(7)13/h2H,12-13H2,1H3. The molecular weight excluding hydrogens is 243 g/mol. The van der Waals surface area contributed by atoms with Crippen LogP contribution in [0.5, 0.6) is 5.75 Å². The number of nitrogen functional groups attached to an aromatic ring is 2. The molecular formula is C8H8F3N3O3. The minimum absolute atomic E-state index is 0.296. The van der Waals surface area contributed by atoms with Crippen molar-refractivity contribution in [1.82, 2.24) is 0 Å². The second-order valence-corrected chi connectivity index (χ2v) is 3.06. The first kappa shape index (κ1) is 12.9. The Morgan fingerprint density at radius 3 is 2.24 bits per heavy atom. The van der Waals surface area contributed by atoms with Gasteiger partial charge >= 0.3 is 6.18 Å². The third-order valence-electron chi connectivity index (χ3n) is 2.04. The summed E-state index contributed by atoms with van der Waals surface area (Å²) >= 11 is 0. The van der Waals surface area contributed by atoms with E-state index in [1.54, 1.807) is 0 Å². The Morgan fingerprint density at radius 1 is 1.35 bits per heavy atom. The maximum absolute atomic E-state index is 12.6. The molecule has 0 aliphatic heterocycles. The molecule has 1 aromatic rings. The van der Waals surface area contributed by atoms with Crippen LogP contribution in [0.1, 0.15) is 5.56 Å². The van der Waals surface area contributed by atoms with E-state index in [2.05, 4.69) is 4.74 Å². The van der Waals surface area contributed by atoms with E-state index in [1.165, 1.54) is 0 Å². The van der Waals surface area contributed by atoms with Crippen LogP contribution in [0.25, 0.3) is 0 Å². The second-order valence-electron chi connectivity index (χ2n) is 3.06. The number of methoxy groups -OCH3 is 1. The fourth-order valence-corrected chi connectivity index (χ4v) is 1.27. The van der Waals surface area contributed by atoms with Crippen molar-refractivity contribution in [3.8, 4) is 5.75 Å². The van der Waals surface area contributed by atoms with Gasteiger partial charge in [-0.3, -0.25) is 10.1 Å². The highest BCUT2D eigenvalue weighted by atomic mass is 19.4. The summed E-state index contributed by atoms with van der Waals surface area (Å²) < 4.78 is 42.2. The van der Waals surface area contributed by atoms with Crippen molar-refractivity contribution in [3.05, 3.63) is 21.7 Å². The van der Waals surface area contributed by atoms with E-state index in [4.69, 9.17) is 11.5 Å². The van der Waals surface area contributed by atoms with Crippen LogP contribution < -0.4 is 16.2 Å². The minimum atomic E-state index is -4.82. The summed E-state index contributed by atoms with van der Waals surface area (Å²) in [4.78, 5) is 9.47. The number of nitro benzene ring substituents is 1. The van der Waals surface area contributed by atoms with E-state index in [1.807, 2.05) is 0 Å². The predicted octanol–water partition coefficient (Wildman–Crippen LogP) is 1.79. The van der Waals surface area contributed by atoms with Gasteiger partial charge in [-0.2, -0.15) is 13.2 Å². The number of hydrogen-bond acceptors (Lipinski definition) is 5. The lowest BCUT2D eigenvalue weighted by Gasteiger charge is -2.15. The van der Waals surface area contributed by atoms with E-state index < -0.39 is 39.5 Å². The number of ether oxygens (including phenoxy) is 1. The molecule has 0 atom stereocenters. The molecule has 0 bridgehead atoms. The summed E-state index contributed by atoms with van der Waals surface area (Å²) in [5, 5.41) is 10.5. The summed E-state index contributed by atoms with van der Waals surface area (Å²) in [6, 6.07) is 0.296. The fraction of sp³-hybridized carbons (Fsp3) is 0.250. The van der Waals surface area contributed by atoms with Gasteiger partial charge in [0.2, 0.25) is 0 Å². The molecule has 17 heavy (non-hydrogen) atoms. The maximum atomic E-state index is 12.6. The lowest BCUT2D eigenvalue weighted by molar-refractivity contribution is -0.384. The summed E-state index contributed by atoms with van der Waals surface area (Å²) in [6.45, 7) is 0. The lowest BCUT2D eigenvalue weighted by atomic mass is 10.1. The average Bonchev–Trinajstić information content (AvgIpc) is 2.19. The summed E-state index contributed by atoms with van der Waals surface area (Å²) in [5.41, 5.74) is 7.13. The second kappa shape index (κ2) is 4.00. The van der Waals surface area contributed by atoms with Gasteiger partial charge < -0.3 is 16.2 Å². The third kappa shape index (κ3) is 2.17. The zero-order valence-corrected chi connectivity index (χ0v) is 8.54. The van der Waals surface area contributed by atoms with Gasteiger partial charge in [0.15, 0.2) is 5.75 Å². The average molecular weight is 251 g/mol. The van der Waals surface area contributed by atoms with Gasteiger partial charge in [0.25, 0.3) is 5.69 Å². The summed E-state index contributed by atoms with van der Waals surface area (Å²) in [7, 11) is 0.964. The number of halogens is 3. The van der Waals surface area contributed by atoms with Gasteiger partial charge in [0.1, 0.15) is 16.9 Å². The maximum Gasteiger partial charge on any atom is 0.420 e. The first-order chi connectivity index (χ1) is 7.70. The molecule has 4 N–H and O–H groups in total. The Morgan fingerprint density at radius 2 is 1.88 bits per heavy atom. The Bertz CT molecular complexity index is 473. The fourth-order valence-electron chi connectivity index (χ4n) is 1.27. The Hall–Kier alpha value is -2.19. The molecule has 1 aromatic carbocycles. The molecule has 0 saturated carbocycles. The largest absolute Gasteiger partial charge is 0.494 e. The molecule has 0 heterocycles. The molecule has 0 fully saturated rings. The van der Waals surface area contributed by atoms with E-state index in [9.17, 15) is 23.3 Å². The molecule has 0 radical (unpaired) electrons. The number of nitrogens with two attached hydrogens (primary N) is 2. The third-order valence-corrected chi connectivity index (χ3v) is 2.04. The van der Waals surface area contributed by atoms with Crippen molar-refractivity contribution in [1.29, 1.82) is 0 Å². The first-order valence-corrected chi connectivity index (χ1v) is 4.17. The van der Waals surface area contributed by atoms with Gasteiger partial charge in [0, 0.05) is 6.07 Å². The van der Waals surface area contributed by atoms with Crippen molar-refractivity contribution in [2.45, 2.75) is 6.18 Å². The highest BCUT2D eigenvalue weighted by Crippen LogP contribution is 2.45. The van der Waals surface area contributed by atoms with Crippen molar-refractivity contribution >= 4 is 17.1 Å². The molecule has 0 amide bonds. The Kier molecular flexibility index (Phi) is 3.03. The highest BCUT2D eigenvalue weighted by molar-refractivity contribution is 5.81. The molecule has 0 aromatic heterocycles. The molecule has 9 heteroatoms. The normalized spacial score (nSPS) is 11.3. The van der Waals surface area contributed by atoms with Crippen molar-refractivity contribution in [2.24, 2.45) is 0 Å². The number of hydrogen-bond donors (Lipinski definition) is 2.